The molecule has 108 valence electrons. The minimum Gasteiger partial charge on any atom is -0.358 e. The first-order valence-electron chi connectivity index (χ1n) is 5.15. The number of likely N-dealkylation sites (N-methyl/N-ethyl adjacent to an activating group) is 1. The van der Waals surface area contributed by atoms with Crippen LogP contribution in [0.4, 0.5) is 17.6 Å². The van der Waals surface area contributed by atoms with Crippen LogP contribution in [-0.4, -0.2) is 32.2 Å². The standard InChI is InChI=1S/C6H4F2.C5H10F2N2O2/c7-5-3-1-2-4-6(5)8;1-9-4(10)3(8)2-11-5(6)7/h1-4H;3,5H,2,8H2,1H3,(H,9,10). The zero-order valence-corrected chi connectivity index (χ0v) is 10.1. The number of hydrogen-bond acceptors (Lipinski definition) is 3. The highest BCUT2D eigenvalue weighted by Gasteiger charge is 2.13. The highest BCUT2D eigenvalue weighted by Crippen LogP contribution is 2.01. The Balaban J connectivity index is 0.000000356. The van der Waals surface area contributed by atoms with Crippen molar-refractivity contribution in [2.75, 3.05) is 13.7 Å². The number of carbonyl (C=O) groups excluding carboxylic acids is 1. The molecule has 0 bridgehead atoms. The normalized spacial score (nSPS) is 11.5. The summed E-state index contributed by atoms with van der Waals surface area (Å²) in [4.78, 5) is 10.6. The third-order valence-corrected chi connectivity index (χ3v) is 1.81. The van der Waals surface area contributed by atoms with Crippen LogP contribution in [0.5, 0.6) is 0 Å². The van der Waals surface area contributed by atoms with Crippen LogP contribution in [0.3, 0.4) is 0 Å². The molecule has 0 spiro atoms. The highest BCUT2D eigenvalue weighted by atomic mass is 19.3. The summed E-state index contributed by atoms with van der Waals surface area (Å²) in [7, 11) is 1.37. The van der Waals surface area contributed by atoms with Crippen molar-refractivity contribution in [3.63, 3.8) is 0 Å². The number of halogens is 4. The van der Waals surface area contributed by atoms with E-state index in [1.165, 1.54) is 19.2 Å². The van der Waals surface area contributed by atoms with Gasteiger partial charge in [-0.25, -0.2) is 8.78 Å². The molecule has 0 saturated carbocycles. The van der Waals surface area contributed by atoms with Gasteiger partial charge in [0, 0.05) is 7.05 Å². The first-order valence-corrected chi connectivity index (χ1v) is 5.15. The van der Waals surface area contributed by atoms with E-state index in [0.717, 1.165) is 12.1 Å². The molecule has 0 aliphatic carbocycles. The van der Waals surface area contributed by atoms with E-state index in [-0.39, 0.29) is 0 Å². The molecule has 4 nitrogen and oxygen atoms in total. The minimum atomic E-state index is -2.88. The maximum atomic E-state index is 11.9. The summed E-state index contributed by atoms with van der Waals surface area (Å²) in [6.45, 7) is -3.36. The molecule has 8 heteroatoms. The van der Waals surface area contributed by atoms with Gasteiger partial charge in [-0.15, -0.1) is 0 Å². The molecule has 19 heavy (non-hydrogen) atoms. The Bertz CT molecular complexity index is 370. The summed E-state index contributed by atoms with van der Waals surface area (Å²) in [6, 6.07) is 4.01. The fourth-order valence-electron chi connectivity index (χ4n) is 0.877. The number of carbonyl (C=O) groups is 1. The number of alkyl halides is 2. The molecule has 1 aromatic rings. The van der Waals surface area contributed by atoms with Crippen molar-refractivity contribution in [3.8, 4) is 0 Å². The van der Waals surface area contributed by atoms with Gasteiger partial charge in [0.15, 0.2) is 11.6 Å². The predicted octanol–water partition coefficient (Wildman–Crippen LogP) is 1.26. The smallest absolute Gasteiger partial charge is 0.345 e. The van der Waals surface area contributed by atoms with Gasteiger partial charge in [-0.3, -0.25) is 4.79 Å². The van der Waals surface area contributed by atoms with Crippen LogP contribution in [-0.2, 0) is 9.53 Å². The van der Waals surface area contributed by atoms with Crippen molar-refractivity contribution in [1.82, 2.24) is 5.32 Å². The molecule has 0 fully saturated rings. The van der Waals surface area contributed by atoms with E-state index in [1.54, 1.807) is 0 Å². The van der Waals surface area contributed by atoms with Crippen LogP contribution in [0.15, 0.2) is 24.3 Å². The minimum absolute atomic E-state index is 0.475. The lowest BCUT2D eigenvalue weighted by atomic mass is 10.3. The second-order valence-corrected chi connectivity index (χ2v) is 3.23. The van der Waals surface area contributed by atoms with Crippen molar-refractivity contribution in [2.24, 2.45) is 5.73 Å². The van der Waals surface area contributed by atoms with E-state index in [0.29, 0.717) is 0 Å². The first-order chi connectivity index (χ1) is 8.88. The van der Waals surface area contributed by atoms with Gasteiger partial charge in [0.25, 0.3) is 0 Å². The third-order valence-electron chi connectivity index (χ3n) is 1.81. The number of nitrogens with two attached hydrogens (primary N) is 1. The Kier molecular flexibility index (Phi) is 8.47. The number of ether oxygens (including phenoxy) is 1. The highest BCUT2D eigenvalue weighted by molar-refractivity contribution is 5.81. The van der Waals surface area contributed by atoms with Crippen molar-refractivity contribution in [3.05, 3.63) is 35.9 Å². The second kappa shape index (κ2) is 9.29. The Morgan fingerprint density at radius 2 is 1.79 bits per heavy atom. The topological polar surface area (TPSA) is 64.4 Å². The molecule has 0 aliphatic heterocycles. The molecule has 0 radical (unpaired) electrons. The molecule has 3 N–H and O–H groups in total. The fraction of sp³-hybridized carbons (Fsp3) is 0.364. The summed E-state index contributed by atoms with van der Waals surface area (Å²) in [6.07, 6.45) is 0. The third kappa shape index (κ3) is 8.11. The molecule has 1 unspecified atom stereocenters. The largest absolute Gasteiger partial charge is 0.358 e. The predicted molar refractivity (Wildman–Crippen MR) is 60.4 cm³/mol. The molecule has 1 amide bonds. The summed E-state index contributed by atoms with van der Waals surface area (Å²) in [5.74, 6) is -2.12. The van der Waals surface area contributed by atoms with Gasteiger partial charge in [0.1, 0.15) is 6.04 Å². The summed E-state index contributed by atoms with van der Waals surface area (Å²) >= 11 is 0. The van der Waals surface area contributed by atoms with Crippen LogP contribution in [0.1, 0.15) is 0 Å². The molecule has 0 saturated heterocycles. The van der Waals surface area contributed by atoms with Crippen LogP contribution in [0.2, 0.25) is 0 Å². The maximum absolute atomic E-state index is 11.9. The molecule has 0 aliphatic rings. The van der Waals surface area contributed by atoms with Crippen molar-refractivity contribution >= 4 is 5.91 Å². The van der Waals surface area contributed by atoms with E-state index in [1.807, 2.05) is 0 Å². The van der Waals surface area contributed by atoms with Gasteiger partial charge in [0.05, 0.1) is 6.61 Å². The number of benzene rings is 1. The molecule has 1 atom stereocenters. The lowest BCUT2D eigenvalue weighted by Gasteiger charge is -2.09. The molecular formula is C11H14F4N2O2. The first kappa shape index (κ1) is 17.3. The van der Waals surface area contributed by atoms with Crippen LogP contribution in [0.25, 0.3) is 0 Å². The van der Waals surface area contributed by atoms with Gasteiger partial charge >= 0.3 is 6.61 Å². The van der Waals surface area contributed by atoms with E-state index in [4.69, 9.17) is 5.73 Å². The van der Waals surface area contributed by atoms with Gasteiger partial charge in [-0.1, -0.05) is 12.1 Å². The van der Waals surface area contributed by atoms with E-state index in [9.17, 15) is 22.4 Å². The fourth-order valence-corrected chi connectivity index (χ4v) is 0.877. The number of amides is 1. The van der Waals surface area contributed by atoms with Gasteiger partial charge in [-0.05, 0) is 12.1 Å². The lowest BCUT2D eigenvalue weighted by molar-refractivity contribution is -0.141. The summed E-state index contributed by atoms with van der Waals surface area (Å²) in [5, 5.41) is 2.20. The quantitative estimate of drug-likeness (QED) is 0.817. The molecule has 1 aromatic carbocycles. The SMILES string of the molecule is CNC(=O)C(N)COC(F)F.Fc1ccccc1F. The van der Waals surface area contributed by atoms with E-state index >= 15 is 0 Å². The van der Waals surface area contributed by atoms with Crippen molar-refractivity contribution in [1.29, 1.82) is 0 Å². The summed E-state index contributed by atoms with van der Waals surface area (Å²) < 4.78 is 50.4. The number of rotatable bonds is 4. The van der Waals surface area contributed by atoms with Crippen molar-refractivity contribution < 1.29 is 27.1 Å². The Morgan fingerprint density at radius 3 is 2.11 bits per heavy atom. The molecule has 0 heterocycles. The zero-order chi connectivity index (χ0) is 14.8. The number of nitrogens with one attached hydrogen (secondary N) is 1. The monoisotopic (exact) mass is 282 g/mol. The van der Waals surface area contributed by atoms with Crippen LogP contribution in [0, 0.1) is 11.6 Å². The lowest BCUT2D eigenvalue weighted by Crippen LogP contribution is -2.42. The van der Waals surface area contributed by atoms with Crippen LogP contribution < -0.4 is 11.1 Å². The summed E-state index contributed by atoms with van der Waals surface area (Å²) in [5.41, 5.74) is 5.11. The van der Waals surface area contributed by atoms with Gasteiger partial charge in [0.2, 0.25) is 5.91 Å². The van der Waals surface area contributed by atoms with E-state index in [2.05, 4.69) is 10.1 Å². The maximum Gasteiger partial charge on any atom is 0.345 e. The molecular weight excluding hydrogens is 268 g/mol. The van der Waals surface area contributed by atoms with Crippen molar-refractivity contribution in [2.45, 2.75) is 12.7 Å². The molecule has 0 aromatic heterocycles. The van der Waals surface area contributed by atoms with Gasteiger partial charge < -0.3 is 15.8 Å². The Morgan fingerprint density at radius 1 is 1.32 bits per heavy atom. The average Bonchev–Trinajstić information content (AvgIpc) is 2.39. The van der Waals surface area contributed by atoms with E-state index < -0.39 is 36.8 Å². The zero-order valence-electron chi connectivity index (χ0n) is 10.1. The Hall–Kier alpha value is -1.67. The number of hydrogen-bond donors (Lipinski definition) is 2. The molecule has 1 rings (SSSR count). The second-order valence-electron chi connectivity index (χ2n) is 3.23. The van der Waals surface area contributed by atoms with Crippen LogP contribution >= 0.6 is 0 Å². The van der Waals surface area contributed by atoms with Gasteiger partial charge in [-0.2, -0.15) is 8.78 Å². The Labute approximate surface area is 107 Å². The average molecular weight is 282 g/mol.